The Morgan fingerprint density at radius 1 is 1.21 bits per heavy atom. The van der Waals surface area contributed by atoms with Crippen LogP contribution in [-0.2, 0) is 19.0 Å². The number of carbonyl (C=O) groups excluding carboxylic acids is 2. The van der Waals surface area contributed by atoms with E-state index in [-0.39, 0.29) is 16.5 Å². The van der Waals surface area contributed by atoms with E-state index in [0.29, 0.717) is 16.1 Å². The number of anilines is 1. The fraction of sp³-hybridized carbons (Fsp3) is 0.391. The van der Waals surface area contributed by atoms with E-state index < -0.39 is 18.0 Å². The van der Waals surface area contributed by atoms with E-state index in [1.54, 1.807) is 24.3 Å². The number of hydrogen-bond donors (Lipinski definition) is 2. The first kappa shape index (κ1) is 27.8. The summed E-state index contributed by atoms with van der Waals surface area (Å²) < 4.78 is 15.4. The molecular formula is C23H32N4O5S. The molecule has 3 N–H and O–H groups in total. The number of rotatable bonds is 5. The van der Waals surface area contributed by atoms with Gasteiger partial charge < -0.3 is 25.3 Å². The minimum atomic E-state index is -0.628. The monoisotopic (exact) mass is 476 g/mol. The minimum Gasteiger partial charge on any atom is -0.497 e. The lowest BCUT2D eigenvalue weighted by Gasteiger charge is -2.23. The molecule has 10 heteroatoms. The van der Waals surface area contributed by atoms with Gasteiger partial charge >= 0.3 is 5.97 Å². The van der Waals surface area contributed by atoms with Gasteiger partial charge in [-0.05, 0) is 25.3 Å². The standard InChI is InChI=1S/C17H17N3O5S.C3H7N.C3H8/c1-23-9-4-5-11(24-2)10(8-9)15(21)20-12-13-16(19-7-6-18-13)26-14(12)17(22)25-3;1-2-3-4;1-3-2/h4-8,10-11H,1-3H3,(H,20,21);2-3H,4H2,1H3;3H2,1-2H3/b;3-2-;. The number of ether oxygens (including phenoxy) is 3. The van der Waals surface area contributed by atoms with E-state index in [4.69, 9.17) is 19.9 Å². The molecule has 1 aliphatic carbocycles. The number of hydrogen-bond acceptors (Lipinski definition) is 9. The molecule has 33 heavy (non-hydrogen) atoms. The Kier molecular flexibility index (Phi) is 12.4. The SMILES string of the molecule is C/C=C\N.CCC.COC(=O)c1sc2nccnc2c1NC(=O)C1C=C(OC)C=CC1OC. The third kappa shape index (κ3) is 7.69. The van der Waals surface area contributed by atoms with Gasteiger partial charge in [0.25, 0.3) is 0 Å². The molecule has 0 saturated heterocycles. The molecule has 2 atom stereocenters. The Balaban J connectivity index is 0.000000688. The zero-order chi connectivity index (χ0) is 24.8. The molecule has 0 spiro atoms. The number of nitrogens with one attached hydrogen (secondary N) is 1. The van der Waals surface area contributed by atoms with Crippen molar-refractivity contribution in [2.24, 2.45) is 11.7 Å². The second-order valence-electron chi connectivity index (χ2n) is 6.59. The van der Waals surface area contributed by atoms with Crippen molar-refractivity contribution in [3.8, 4) is 0 Å². The summed E-state index contributed by atoms with van der Waals surface area (Å²) in [5.41, 5.74) is 5.56. The van der Waals surface area contributed by atoms with Crippen molar-refractivity contribution in [2.45, 2.75) is 33.3 Å². The van der Waals surface area contributed by atoms with Gasteiger partial charge in [0, 0.05) is 19.5 Å². The number of fused-ring (bicyclic) bond motifs is 1. The molecule has 1 aliphatic rings. The Morgan fingerprint density at radius 2 is 1.85 bits per heavy atom. The van der Waals surface area contributed by atoms with Crippen LogP contribution in [0.5, 0.6) is 0 Å². The van der Waals surface area contributed by atoms with Gasteiger partial charge in [0.1, 0.15) is 21.0 Å². The molecule has 2 unspecified atom stereocenters. The summed E-state index contributed by atoms with van der Waals surface area (Å²) >= 11 is 1.11. The van der Waals surface area contributed by atoms with Crippen LogP contribution in [0.4, 0.5) is 5.69 Å². The maximum absolute atomic E-state index is 12.9. The van der Waals surface area contributed by atoms with Crippen molar-refractivity contribution in [2.75, 3.05) is 26.6 Å². The number of allylic oxidation sites excluding steroid dienone is 2. The van der Waals surface area contributed by atoms with Gasteiger partial charge in [-0.3, -0.25) is 4.79 Å². The first-order valence-electron chi connectivity index (χ1n) is 10.3. The molecule has 180 valence electrons. The molecular weight excluding hydrogens is 444 g/mol. The van der Waals surface area contributed by atoms with Crippen LogP contribution in [0.15, 0.2) is 48.7 Å². The third-order valence-electron chi connectivity index (χ3n) is 4.10. The van der Waals surface area contributed by atoms with Crippen LogP contribution in [0.25, 0.3) is 10.3 Å². The molecule has 0 bridgehead atoms. The zero-order valence-corrected chi connectivity index (χ0v) is 20.6. The number of nitrogens with two attached hydrogens (primary N) is 1. The lowest BCUT2D eigenvalue weighted by molar-refractivity contribution is -0.121. The molecule has 0 aliphatic heterocycles. The number of carbonyl (C=O) groups is 2. The average Bonchev–Trinajstić information content (AvgIpc) is 3.22. The minimum absolute atomic E-state index is 0.235. The van der Waals surface area contributed by atoms with Gasteiger partial charge in [-0.15, -0.1) is 11.3 Å². The first-order chi connectivity index (χ1) is 15.9. The fourth-order valence-electron chi connectivity index (χ4n) is 2.61. The smallest absolute Gasteiger partial charge is 0.350 e. The van der Waals surface area contributed by atoms with Crippen molar-refractivity contribution in [3.63, 3.8) is 0 Å². The van der Waals surface area contributed by atoms with Crippen LogP contribution in [0, 0.1) is 5.92 Å². The quantitative estimate of drug-likeness (QED) is 0.619. The van der Waals surface area contributed by atoms with Crippen LogP contribution in [0.1, 0.15) is 36.9 Å². The Hall–Kier alpha value is -3.24. The summed E-state index contributed by atoms with van der Waals surface area (Å²) in [4.78, 5) is 34.2. The Labute approximate surface area is 198 Å². The summed E-state index contributed by atoms with van der Waals surface area (Å²) in [6.45, 7) is 6.12. The largest absolute Gasteiger partial charge is 0.497 e. The van der Waals surface area contributed by atoms with Crippen molar-refractivity contribution in [1.82, 2.24) is 9.97 Å². The van der Waals surface area contributed by atoms with Crippen LogP contribution in [0.3, 0.4) is 0 Å². The first-order valence-corrected chi connectivity index (χ1v) is 11.2. The predicted octanol–water partition coefficient (Wildman–Crippen LogP) is 4.04. The van der Waals surface area contributed by atoms with Crippen LogP contribution >= 0.6 is 11.3 Å². The van der Waals surface area contributed by atoms with Crippen molar-refractivity contribution >= 4 is 39.2 Å². The fourth-order valence-corrected chi connectivity index (χ4v) is 3.58. The van der Waals surface area contributed by atoms with E-state index in [2.05, 4.69) is 29.1 Å². The maximum Gasteiger partial charge on any atom is 0.350 e. The Morgan fingerprint density at radius 3 is 2.39 bits per heavy atom. The number of thiophene rings is 1. The van der Waals surface area contributed by atoms with Crippen LogP contribution in [-0.4, -0.2) is 49.3 Å². The molecule has 0 aromatic carbocycles. The summed E-state index contributed by atoms with van der Waals surface area (Å²) in [5.74, 6) is -0.991. The normalized spacial score (nSPS) is 16.7. The number of amides is 1. The van der Waals surface area contributed by atoms with Crippen LogP contribution in [0.2, 0.25) is 0 Å². The lowest BCUT2D eigenvalue weighted by Crippen LogP contribution is -2.33. The topological polar surface area (TPSA) is 126 Å². The summed E-state index contributed by atoms with van der Waals surface area (Å²) in [5, 5.41) is 2.78. The highest BCUT2D eigenvalue weighted by Gasteiger charge is 2.30. The maximum atomic E-state index is 12.9. The summed E-state index contributed by atoms with van der Waals surface area (Å²) in [7, 11) is 4.32. The predicted molar refractivity (Wildman–Crippen MR) is 131 cm³/mol. The second-order valence-corrected chi connectivity index (χ2v) is 7.59. The number of methoxy groups -OCH3 is 3. The molecule has 2 aromatic heterocycles. The molecule has 0 radical (unpaired) electrons. The summed E-state index contributed by atoms with van der Waals surface area (Å²) in [6.07, 6.45) is 12.2. The zero-order valence-electron chi connectivity index (χ0n) is 19.8. The highest BCUT2D eigenvalue weighted by Crippen LogP contribution is 2.34. The number of esters is 1. The van der Waals surface area contributed by atoms with Crippen molar-refractivity contribution in [3.05, 3.63) is 53.5 Å². The molecule has 0 saturated carbocycles. The van der Waals surface area contributed by atoms with Gasteiger partial charge in [-0.1, -0.05) is 32.4 Å². The van der Waals surface area contributed by atoms with Crippen LogP contribution < -0.4 is 11.1 Å². The molecule has 0 fully saturated rings. The van der Waals surface area contributed by atoms with E-state index in [0.717, 1.165) is 11.3 Å². The second kappa shape index (κ2) is 14.8. The molecule has 2 aromatic rings. The van der Waals surface area contributed by atoms with E-state index >= 15 is 0 Å². The molecule has 9 nitrogen and oxygen atoms in total. The van der Waals surface area contributed by atoms with Crippen molar-refractivity contribution < 1.29 is 23.8 Å². The highest BCUT2D eigenvalue weighted by molar-refractivity contribution is 7.21. The van der Waals surface area contributed by atoms with Gasteiger partial charge in [0.05, 0.1) is 31.9 Å². The van der Waals surface area contributed by atoms with E-state index in [1.165, 1.54) is 46.3 Å². The van der Waals surface area contributed by atoms with Gasteiger partial charge in [-0.2, -0.15) is 0 Å². The Bertz CT molecular complexity index is 996. The van der Waals surface area contributed by atoms with Gasteiger partial charge in [-0.25, -0.2) is 14.8 Å². The summed E-state index contributed by atoms with van der Waals surface area (Å²) in [6, 6.07) is 0. The van der Waals surface area contributed by atoms with Gasteiger partial charge in [0.15, 0.2) is 0 Å². The average molecular weight is 477 g/mol. The van der Waals surface area contributed by atoms with E-state index in [9.17, 15) is 9.59 Å². The lowest BCUT2D eigenvalue weighted by atomic mass is 9.95. The third-order valence-corrected chi connectivity index (χ3v) is 5.16. The number of aromatic nitrogens is 2. The van der Waals surface area contributed by atoms with Gasteiger partial charge in [0.2, 0.25) is 5.91 Å². The van der Waals surface area contributed by atoms with Crippen molar-refractivity contribution in [1.29, 1.82) is 0 Å². The molecule has 3 rings (SSSR count). The van der Waals surface area contributed by atoms with E-state index in [1.807, 2.05) is 6.92 Å². The number of nitrogens with zero attached hydrogens (tertiary/aromatic N) is 2. The molecule has 2 heterocycles. The highest BCUT2D eigenvalue weighted by atomic mass is 32.1. The molecule has 1 amide bonds.